The van der Waals surface area contributed by atoms with Crippen molar-refractivity contribution in [2.24, 2.45) is 0 Å². The van der Waals surface area contributed by atoms with Crippen LogP contribution in [0, 0.1) is 6.92 Å². The van der Waals surface area contributed by atoms with Crippen molar-refractivity contribution in [1.82, 2.24) is 10.2 Å². The summed E-state index contributed by atoms with van der Waals surface area (Å²) in [6.07, 6.45) is 0. The van der Waals surface area contributed by atoms with Crippen LogP contribution >= 0.6 is 0 Å². The van der Waals surface area contributed by atoms with Crippen molar-refractivity contribution in [2.75, 3.05) is 13.6 Å². The van der Waals surface area contributed by atoms with Crippen molar-refractivity contribution < 1.29 is 9.59 Å². The first kappa shape index (κ1) is 15.8. The molecule has 0 saturated carbocycles. The van der Waals surface area contributed by atoms with E-state index in [1.165, 1.54) is 4.90 Å². The van der Waals surface area contributed by atoms with Gasteiger partial charge in [0.2, 0.25) is 5.91 Å². The van der Waals surface area contributed by atoms with Gasteiger partial charge in [0.15, 0.2) is 0 Å². The Kier molecular flexibility index (Phi) is 5.31. The fourth-order valence-electron chi connectivity index (χ4n) is 2.09. The van der Waals surface area contributed by atoms with E-state index in [2.05, 4.69) is 12.2 Å². The lowest BCUT2D eigenvalue weighted by Gasteiger charge is -2.22. The first-order chi connectivity index (χ1) is 10.6. The number of carbonyl (C=O) groups is 2. The molecule has 4 nitrogen and oxygen atoms in total. The van der Waals surface area contributed by atoms with E-state index in [1.54, 1.807) is 31.3 Å². The third kappa shape index (κ3) is 4.19. The summed E-state index contributed by atoms with van der Waals surface area (Å²) in [6, 6.07) is 16.6. The number of likely N-dealkylation sites (N-methyl/N-ethyl adjacent to an activating group) is 1. The van der Waals surface area contributed by atoms with Gasteiger partial charge in [-0.15, -0.1) is 0 Å². The van der Waals surface area contributed by atoms with E-state index in [-0.39, 0.29) is 18.4 Å². The Morgan fingerprint density at radius 1 is 1.05 bits per heavy atom. The van der Waals surface area contributed by atoms with Gasteiger partial charge in [-0.25, -0.2) is 0 Å². The normalized spacial score (nSPS) is 10.1. The van der Waals surface area contributed by atoms with Gasteiger partial charge in [-0.2, -0.15) is 0 Å². The Labute approximate surface area is 130 Å². The van der Waals surface area contributed by atoms with E-state index < -0.39 is 0 Å². The summed E-state index contributed by atoms with van der Waals surface area (Å²) in [5, 5.41) is 2.55. The molecule has 0 aliphatic carbocycles. The van der Waals surface area contributed by atoms with E-state index in [4.69, 9.17) is 0 Å². The molecule has 0 aromatic heterocycles. The lowest BCUT2D eigenvalue weighted by molar-refractivity contribution is -0.121. The van der Waals surface area contributed by atoms with Crippen molar-refractivity contribution in [3.63, 3.8) is 0 Å². The van der Waals surface area contributed by atoms with Crippen LogP contribution in [-0.2, 0) is 11.3 Å². The molecule has 1 N–H and O–H groups in total. The van der Waals surface area contributed by atoms with Crippen LogP contribution in [0.1, 0.15) is 21.5 Å². The summed E-state index contributed by atoms with van der Waals surface area (Å²) in [7, 11) is 1.56. The first-order valence-corrected chi connectivity index (χ1v) is 7.06. The summed E-state index contributed by atoms with van der Waals surface area (Å²) in [6.45, 7) is 4.22. The molecule has 0 saturated heterocycles. The van der Waals surface area contributed by atoms with Crippen LogP contribution in [0.4, 0.5) is 0 Å². The maximum Gasteiger partial charge on any atom is 0.254 e. The predicted molar refractivity (Wildman–Crippen MR) is 86.2 cm³/mol. The zero-order valence-corrected chi connectivity index (χ0v) is 12.6. The molecule has 1 radical (unpaired) electrons. The Morgan fingerprint density at radius 2 is 1.68 bits per heavy atom. The van der Waals surface area contributed by atoms with Crippen LogP contribution in [0.15, 0.2) is 54.6 Å². The molecule has 4 heteroatoms. The molecule has 113 valence electrons. The van der Waals surface area contributed by atoms with Crippen molar-refractivity contribution in [1.29, 1.82) is 0 Å². The second-order valence-electron chi connectivity index (χ2n) is 5.02. The molecule has 0 spiro atoms. The molecule has 0 unspecified atom stereocenters. The number of hydrogen-bond donors (Lipinski definition) is 1. The third-order valence-corrected chi connectivity index (χ3v) is 3.32. The van der Waals surface area contributed by atoms with Gasteiger partial charge in [0, 0.05) is 19.2 Å². The summed E-state index contributed by atoms with van der Waals surface area (Å²) in [5.74, 6) is -0.370. The van der Waals surface area contributed by atoms with Crippen LogP contribution in [0.25, 0.3) is 0 Å². The van der Waals surface area contributed by atoms with Gasteiger partial charge in [0.25, 0.3) is 5.91 Å². The maximum atomic E-state index is 12.6. The van der Waals surface area contributed by atoms with Gasteiger partial charge in [-0.3, -0.25) is 9.59 Å². The van der Waals surface area contributed by atoms with Crippen LogP contribution in [0.3, 0.4) is 0 Å². The van der Waals surface area contributed by atoms with Crippen molar-refractivity contribution in [2.45, 2.75) is 6.54 Å². The fourth-order valence-corrected chi connectivity index (χ4v) is 2.09. The van der Waals surface area contributed by atoms with Gasteiger partial charge >= 0.3 is 0 Å². The maximum absolute atomic E-state index is 12.6. The van der Waals surface area contributed by atoms with Crippen LogP contribution in [-0.4, -0.2) is 30.3 Å². The highest BCUT2D eigenvalue weighted by molar-refractivity contribution is 5.96. The van der Waals surface area contributed by atoms with Crippen LogP contribution in [0.5, 0.6) is 0 Å². The lowest BCUT2D eigenvalue weighted by atomic mass is 10.1. The minimum atomic E-state index is -0.196. The number of hydrogen-bond acceptors (Lipinski definition) is 2. The van der Waals surface area contributed by atoms with Gasteiger partial charge in [0.1, 0.15) is 6.54 Å². The smallest absolute Gasteiger partial charge is 0.254 e. The Hall–Kier alpha value is -2.62. The molecule has 2 aromatic carbocycles. The summed E-state index contributed by atoms with van der Waals surface area (Å²) in [5.41, 5.74) is 2.37. The largest absolute Gasteiger partial charge is 0.358 e. The average molecular weight is 295 g/mol. The van der Waals surface area contributed by atoms with Gasteiger partial charge in [-0.1, -0.05) is 42.5 Å². The quantitative estimate of drug-likeness (QED) is 0.920. The topological polar surface area (TPSA) is 49.4 Å². The third-order valence-electron chi connectivity index (χ3n) is 3.32. The van der Waals surface area contributed by atoms with Crippen molar-refractivity contribution in [3.8, 4) is 0 Å². The lowest BCUT2D eigenvalue weighted by Crippen LogP contribution is -2.39. The average Bonchev–Trinajstić information content (AvgIpc) is 2.55. The highest BCUT2D eigenvalue weighted by Gasteiger charge is 2.18. The standard InChI is InChI=1S/C18H19N2O2/c1-14-8-10-16(11-9-14)18(22)20(13-17(21)19-2)12-15-6-4-3-5-7-15/h3-11H,1,12-13H2,2H3,(H,19,21). The zero-order valence-electron chi connectivity index (χ0n) is 12.6. The number of nitrogens with zero attached hydrogens (tertiary/aromatic N) is 1. The first-order valence-electron chi connectivity index (χ1n) is 7.06. The Morgan fingerprint density at radius 3 is 2.27 bits per heavy atom. The molecular formula is C18H19N2O2. The van der Waals surface area contributed by atoms with E-state index in [9.17, 15) is 9.59 Å². The molecule has 22 heavy (non-hydrogen) atoms. The zero-order chi connectivity index (χ0) is 15.9. The van der Waals surface area contributed by atoms with Gasteiger partial charge in [0.05, 0.1) is 0 Å². The second-order valence-corrected chi connectivity index (χ2v) is 5.02. The van der Waals surface area contributed by atoms with E-state index in [0.29, 0.717) is 12.1 Å². The Bertz CT molecular complexity index is 636. The Balaban J connectivity index is 2.21. The second kappa shape index (κ2) is 7.41. The summed E-state index contributed by atoms with van der Waals surface area (Å²) in [4.78, 5) is 25.9. The number of carbonyl (C=O) groups excluding carboxylic acids is 2. The van der Waals surface area contributed by atoms with Crippen molar-refractivity contribution >= 4 is 11.8 Å². The highest BCUT2D eigenvalue weighted by Crippen LogP contribution is 2.11. The summed E-state index contributed by atoms with van der Waals surface area (Å²) < 4.78 is 0. The summed E-state index contributed by atoms with van der Waals surface area (Å²) >= 11 is 0. The molecule has 0 aliphatic heterocycles. The number of amides is 2. The highest BCUT2D eigenvalue weighted by atomic mass is 16.2. The van der Waals surface area contributed by atoms with Crippen LogP contribution in [0.2, 0.25) is 0 Å². The molecule has 2 aromatic rings. The molecule has 0 atom stereocenters. The SMILES string of the molecule is [CH2]c1ccc(C(=O)N(CC(=O)NC)Cc2ccccc2)cc1. The van der Waals surface area contributed by atoms with E-state index >= 15 is 0 Å². The molecule has 0 bridgehead atoms. The van der Waals surface area contributed by atoms with Crippen LogP contribution < -0.4 is 5.32 Å². The molecule has 2 rings (SSSR count). The predicted octanol–water partition coefficient (Wildman–Crippen LogP) is 2.26. The van der Waals surface area contributed by atoms with Crippen molar-refractivity contribution in [3.05, 3.63) is 78.2 Å². The molecule has 0 fully saturated rings. The van der Waals surface area contributed by atoms with E-state index in [1.807, 2.05) is 30.3 Å². The number of nitrogens with one attached hydrogen (secondary N) is 1. The monoisotopic (exact) mass is 295 g/mol. The number of benzene rings is 2. The van der Waals surface area contributed by atoms with Gasteiger partial charge in [-0.05, 0) is 30.2 Å². The van der Waals surface area contributed by atoms with Gasteiger partial charge < -0.3 is 10.2 Å². The molecule has 0 aliphatic rings. The minimum Gasteiger partial charge on any atom is -0.358 e. The molecule has 0 heterocycles. The molecule has 2 amide bonds. The molecular weight excluding hydrogens is 276 g/mol. The number of rotatable bonds is 5. The minimum absolute atomic E-state index is 0.0242. The fraction of sp³-hybridized carbons (Fsp3) is 0.167. The van der Waals surface area contributed by atoms with E-state index in [0.717, 1.165) is 11.1 Å².